The van der Waals surface area contributed by atoms with Gasteiger partial charge in [-0.2, -0.15) is 0 Å². The molecule has 1 N–H and O–H groups in total. The molecule has 2 aromatic carbocycles. The molecule has 1 fully saturated rings. The molecule has 4 rings (SSSR count). The molecule has 2 aromatic rings. The van der Waals surface area contributed by atoms with E-state index in [-0.39, 0.29) is 30.4 Å². The number of amides is 3. The fourth-order valence-electron chi connectivity index (χ4n) is 3.68. The second kappa shape index (κ2) is 8.67. The lowest BCUT2D eigenvalue weighted by molar-refractivity contribution is -0.116. The van der Waals surface area contributed by atoms with E-state index in [0.29, 0.717) is 41.3 Å². The van der Waals surface area contributed by atoms with E-state index in [1.807, 2.05) is 6.92 Å². The molecule has 2 aliphatic heterocycles. The summed E-state index contributed by atoms with van der Waals surface area (Å²) in [5.74, 6) is 0.405. The molecule has 7 nitrogen and oxygen atoms in total. The van der Waals surface area contributed by atoms with Crippen molar-refractivity contribution in [3.05, 3.63) is 53.6 Å². The van der Waals surface area contributed by atoms with Crippen molar-refractivity contribution in [2.45, 2.75) is 38.7 Å². The van der Waals surface area contributed by atoms with Gasteiger partial charge < -0.3 is 14.8 Å². The van der Waals surface area contributed by atoms with Crippen LogP contribution in [-0.2, 0) is 9.53 Å². The van der Waals surface area contributed by atoms with Crippen LogP contribution in [0.2, 0.25) is 0 Å². The summed E-state index contributed by atoms with van der Waals surface area (Å²) in [4.78, 5) is 38.3. The number of hydrogen-bond donors (Lipinski definition) is 1. The summed E-state index contributed by atoms with van der Waals surface area (Å²) < 4.78 is 11.4. The van der Waals surface area contributed by atoms with Gasteiger partial charge >= 0.3 is 0 Å². The molecule has 30 heavy (non-hydrogen) atoms. The lowest BCUT2D eigenvalue weighted by Crippen LogP contribution is -2.36. The van der Waals surface area contributed by atoms with E-state index in [1.165, 1.54) is 4.90 Å². The number of imide groups is 1. The van der Waals surface area contributed by atoms with E-state index in [4.69, 9.17) is 9.47 Å². The zero-order valence-electron chi connectivity index (χ0n) is 16.8. The van der Waals surface area contributed by atoms with Gasteiger partial charge in [0.25, 0.3) is 11.8 Å². The highest BCUT2D eigenvalue weighted by atomic mass is 16.5. The Morgan fingerprint density at radius 1 is 1.10 bits per heavy atom. The van der Waals surface area contributed by atoms with Crippen molar-refractivity contribution < 1.29 is 23.9 Å². The average Bonchev–Trinajstić information content (AvgIpc) is 3.33. The van der Waals surface area contributed by atoms with Crippen LogP contribution < -0.4 is 10.1 Å². The van der Waals surface area contributed by atoms with Gasteiger partial charge in [0.1, 0.15) is 11.5 Å². The molecule has 2 aliphatic rings. The van der Waals surface area contributed by atoms with E-state index in [9.17, 15) is 14.4 Å². The molecule has 1 atom stereocenters. The molecule has 0 radical (unpaired) electrons. The van der Waals surface area contributed by atoms with Crippen LogP contribution in [0.15, 0.2) is 42.5 Å². The predicted molar refractivity (Wildman–Crippen MR) is 111 cm³/mol. The van der Waals surface area contributed by atoms with Crippen LogP contribution in [0.4, 0.5) is 5.69 Å². The predicted octanol–water partition coefficient (Wildman–Crippen LogP) is 3.99. The molecule has 0 aliphatic carbocycles. The number of nitrogens with one attached hydrogen (secondary N) is 1. The lowest BCUT2D eigenvalue weighted by atomic mass is 10.1. The average molecular weight is 408 g/mol. The molecule has 2 heterocycles. The summed E-state index contributed by atoms with van der Waals surface area (Å²) in [5.41, 5.74) is 1.43. The molecule has 0 aromatic heterocycles. The highest BCUT2D eigenvalue weighted by Crippen LogP contribution is 2.30. The minimum absolute atomic E-state index is 0.0273. The molecular formula is C23H24N2O5. The van der Waals surface area contributed by atoms with E-state index in [0.717, 1.165) is 19.3 Å². The number of benzene rings is 2. The van der Waals surface area contributed by atoms with Gasteiger partial charge in [0.2, 0.25) is 5.91 Å². The molecule has 3 amide bonds. The summed E-state index contributed by atoms with van der Waals surface area (Å²) in [6, 6.07) is 11.9. The quantitative estimate of drug-likeness (QED) is 0.700. The van der Waals surface area contributed by atoms with Gasteiger partial charge in [0, 0.05) is 18.7 Å². The third-order valence-corrected chi connectivity index (χ3v) is 5.20. The van der Waals surface area contributed by atoms with Gasteiger partial charge in [-0.15, -0.1) is 0 Å². The summed E-state index contributed by atoms with van der Waals surface area (Å²) in [7, 11) is 0. The second-order valence-corrected chi connectivity index (χ2v) is 7.49. The highest BCUT2D eigenvalue weighted by Gasteiger charge is 2.37. The minimum atomic E-state index is -0.315. The largest absolute Gasteiger partial charge is 0.457 e. The maximum absolute atomic E-state index is 12.8. The molecule has 156 valence electrons. The van der Waals surface area contributed by atoms with Crippen LogP contribution >= 0.6 is 0 Å². The van der Waals surface area contributed by atoms with Crippen LogP contribution in [0.1, 0.15) is 53.3 Å². The Hall–Kier alpha value is -3.19. The molecule has 7 heteroatoms. The monoisotopic (exact) mass is 408 g/mol. The Morgan fingerprint density at radius 2 is 1.83 bits per heavy atom. The summed E-state index contributed by atoms with van der Waals surface area (Å²) in [6.45, 7) is 2.91. The fraction of sp³-hybridized carbons (Fsp3) is 0.348. The van der Waals surface area contributed by atoms with Gasteiger partial charge in [-0.25, -0.2) is 0 Å². The molecule has 0 bridgehead atoms. The first-order valence-electron chi connectivity index (χ1n) is 10.2. The SMILES string of the molecule is CCCC(=O)Nc1ccc(Oc2ccc3c(c2)C(=O)N(CC2CCCO2)C3=O)cc1. The Kier molecular flexibility index (Phi) is 5.81. The van der Waals surface area contributed by atoms with E-state index in [2.05, 4.69) is 5.32 Å². The van der Waals surface area contributed by atoms with Crippen molar-refractivity contribution in [1.29, 1.82) is 0 Å². The zero-order chi connectivity index (χ0) is 21.1. The number of anilines is 1. The number of hydrogen-bond acceptors (Lipinski definition) is 5. The third-order valence-electron chi connectivity index (χ3n) is 5.20. The van der Waals surface area contributed by atoms with Crippen molar-refractivity contribution in [2.75, 3.05) is 18.5 Å². The first-order valence-corrected chi connectivity index (χ1v) is 10.2. The fourth-order valence-corrected chi connectivity index (χ4v) is 3.68. The second-order valence-electron chi connectivity index (χ2n) is 7.49. The summed E-state index contributed by atoms with van der Waals surface area (Å²) in [5, 5.41) is 2.82. The maximum Gasteiger partial charge on any atom is 0.261 e. The number of fused-ring (bicyclic) bond motifs is 1. The Morgan fingerprint density at radius 3 is 2.53 bits per heavy atom. The summed E-state index contributed by atoms with van der Waals surface area (Å²) in [6.07, 6.45) is 2.99. The number of carbonyl (C=O) groups is 3. The van der Waals surface area contributed by atoms with Gasteiger partial charge in [-0.05, 0) is 61.7 Å². The van der Waals surface area contributed by atoms with Crippen molar-refractivity contribution in [3.8, 4) is 11.5 Å². The molecule has 1 unspecified atom stereocenters. The van der Waals surface area contributed by atoms with Gasteiger partial charge in [0.15, 0.2) is 0 Å². The zero-order valence-corrected chi connectivity index (χ0v) is 16.8. The molecule has 0 saturated carbocycles. The molecule has 1 saturated heterocycles. The Balaban J connectivity index is 1.44. The van der Waals surface area contributed by atoms with Crippen molar-refractivity contribution >= 4 is 23.4 Å². The first kappa shape index (κ1) is 20.1. The number of ether oxygens (including phenoxy) is 2. The van der Waals surface area contributed by atoms with Crippen molar-refractivity contribution in [3.63, 3.8) is 0 Å². The number of nitrogens with zero attached hydrogens (tertiary/aromatic N) is 1. The Bertz CT molecular complexity index is 964. The van der Waals surface area contributed by atoms with Gasteiger partial charge in [-0.3, -0.25) is 19.3 Å². The van der Waals surface area contributed by atoms with Gasteiger partial charge in [0.05, 0.1) is 23.8 Å². The smallest absolute Gasteiger partial charge is 0.261 e. The van der Waals surface area contributed by atoms with Crippen LogP contribution in [0, 0.1) is 0 Å². The standard InChI is InChI=1S/C23H24N2O5/c1-2-4-21(26)24-15-6-8-16(9-7-15)30-17-10-11-19-20(13-17)23(28)25(22(19)27)14-18-5-3-12-29-18/h6-11,13,18H,2-5,12,14H2,1H3,(H,24,26). The van der Waals surface area contributed by atoms with Crippen molar-refractivity contribution in [2.24, 2.45) is 0 Å². The van der Waals surface area contributed by atoms with Crippen molar-refractivity contribution in [1.82, 2.24) is 4.90 Å². The minimum Gasteiger partial charge on any atom is -0.457 e. The van der Waals surface area contributed by atoms with E-state index < -0.39 is 0 Å². The maximum atomic E-state index is 12.8. The summed E-state index contributed by atoms with van der Waals surface area (Å²) >= 11 is 0. The normalized spacial score (nSPS) is 17.9. The van der Waals surface area contributed by atoms with Gasteiger partial charge in [-0.1, -0.05) is 6.92 Å². The topological polar surface area (TPSA) is 84.9 Å². The van der Waals surface area contributed by atoms with Crippen LogP contribution in [-0.4, -0.2) is 41.9 Å². The first-order chi connectivity index (χ1) is 14.5. The number of carbonyl (C=O) groups excluding carboxylic acids is 3. The Labute approximate surface area is 175 Å². The highest BCUT2D eigenvalue weighted by molar-refractivity contribution is 6.21. The van der Waals surface area contributed by atoms with E-state index >= 15 is 0 Å². The van der Waals surface area contributed by atoms with E-state index in [1.54, 1.807) is 42.5 Å². The number of rotatable bonds is 7. The molecular weight excluding hydrogens is 384 g/mol. The van der Waals surface area contributed by atoms with Crippen LogP contribution in [0.5, 0.6) is 11.5 Å². The van der Waals surface area contributed by atoms with Crippen LogP contribution in [0.25, 0.3) is 0 Å². The third kappa shape index (κ3) is 4.21. The van der Waals surface area contributed by atoms with Crippen LogP contribution in [0.3, 0.4) is 0 Å². The molecule has 0 spiro atoms. The lowest BCUT2D eigenvalue weighted by Gasteiger charge is -2.17.